The number of rotatable bonds is 5. The van der Waals surface area contributed by atoms with E-state index < -0.39 is 29.9 Å². The Labute approximate surface area is 189 Å². The molecule has 3 aromatic rings. The van der Waals surface area contributed by atoms with Crippen LogP contribution in [-0.4, -0.2) is 52.5 Å². The molecule has 0 spiro atoms. The van der Waals surface area contributed by atoms with Crippen molar-refractivity contribution in [2.45, 2.75) is 11.3 Å². The number of aromatic hydroxyl groups is 1. The molecule has 1 amide bonds. The van der Waals surface area contributed by atoms with Gasteiger partial charge in [-0.15, -0.1) is 17.9 Å². The first-order chi connectivity index (χ1) is 14.3. The van der Waals surface area contributed by atoms with Crippen molar-refractivity contribution in [1.29, 1.82) is 0 Å². The fourth-order valence-electron chi connectivity index (χ4n) is 2.31. The van der Waals surface area contributed by atoms with Crippen LogP contribution in [0.3, 0.4) is 0 Å². The number of para-hydroxylation sites is 1. The number of fused-ring (bicyclic) bond motifs is 1. The fourth-order valence-corrected chi connectivity index (χ4v) is 6.51. The van der Waals surface area contributed by atoms with Crippen molar-refractivity contribution in [1.82, 2.24) is 4.98 Å². The van der Waals surface area contributed by atoms with E-state index in [-0.39, 0.29) is 25.9 Å². The molecule has 0 aliphatic rings. The van der Waals surface area contributed by atoms with Gasteiger partial charge in [0, 0.05) is 5.02 Å². The van der Waals surface area contributed by atoms with Crippen LogP contribution in [0.4, 0.5) is 5.69 Å². The third kappa shape index (κ3) is 6.67. The van der Waals surface area contributed by atoms with Gasteiger partial charge in [-0.2, -0.15) is 0 Å². The minimum atomic E-state index is -5.14. The zero-order valence-electron chi connectivity index (χ0n) is 16.0. The zero-order chi connectivity index (χ0) is 23.4. The summed E-state index contributed by atoms with van der Waals surface area (Å²) < 4.78 is 53.1. The predicted molar refractivity (Wildman–Crippen MR) is 120 cm³/mol. The molecule has 0 bridgehead atoms. The van der Waals surface area contributed by atoms with Gasteiger partial charge < -0.3 is 0 Å². The van der Waals surface area contributed by atoms with Gasteiger partial charge in [-0.3, -0.25) is 0 Å². The minimum absolute atomic E-state index is 0.0967. The van der Waals surface area contributed by atoms with E-state index in [9.17, 15) is 22.1 Å². The Morgan fingerprint density at radius 3 is 2.58 bits per heavy atom. The second kappa shape index (κ2) is 9.99. The maximum atomic E-state index is 11.7. The van der Waals surface area contributed by atoms with E-state index in [1.807, 2.05) is 0 Å². The van der Waals surface area contributed by atoms with Crippen molar-refractivity contribution in [3.05, 3.63) is 54.1 Å². The van der Waals surface area contributed by atoms with Crippen molar-refractivity contribution < 1.29 is 30.2 Å². The number of phenolic OH excluding ortho intramolecular Hbond substituents is 1. The molecule has 0 saturated heterocycles. The van der Waals surface area contributed by atoms with Gasteiger partial charge in [-0.25, -0.2) is 13.4 Å². The Morgan fingerprint density at radius 2 is 2.00 bits per heavy atom. The molecule has 0 aliphatic heterocycles. The van der Waals surface area contributed by atoms with Gasteiger partial charge in [0.25, 0.3) is 0 Å². The van der Waals surface area contributed by atoms with Crippen LogP contribution in [0.15, 0.2) is 53.4 Å². The molecule has 3 rings (SSSR count). The van der Waals surface area contributed by atoms with E-state index in [0.29, 0.717) is 10.5 Å². The van der Waals surface area contributed by atoms with Crippen LogP contribution in [-0.2, 0) is 18.4 Å². The van der Waals surface area contributed by atoms with Crippen LogP contribution in [0, 0.1) is 0 Å². The monoisotopic (exact) mass is 548 g/mol. The number of sulfone groups is 1. The number of benzene rings is 2. The number of phenols is 1. The molecule has 1 heterocycles. The topological polar surface area (TPSA) is 154 Å². The van der Waals surface area contributed by atoms with E-state index in [1.165, 1.54) is 31.2 Å². The molecular weight excluding hydrogens is 531 g/mol. The first kappa shape index (κ1) is 25.1. The van der Waals surface area contributed by atoms with Crippen molar-refractivity contribution >= 4 is 73.1 Å². The number of anilines is 1. The Hall–Kier alpha value is -2.14. The molecular formula is C18H18AsClN2O7S2. The molecule has 0 aliphatic carbocycles. The molecule has 0 saturated carbocycles. The summed E-state index contributed by atoms with van der Waals surface area (Å²) in [4.78, 5) is 14.8. The van der Waals surface area contributed by atoms with E-state index in [1.54, 1.807) is 18.2 Å². The summed E-state index contributed by atoms with van der Waals surface area (Å²) in [5.74, 6) is -0.977. The van der Waals surface area contributed by atoms with Crippen LogP contribution >= 0.6 is 22.9 Å². The summed E-state index contributed by atoms with van der Waals surface area (Å²) in [5, 5.41) is 12.1. The van der Waals surface area contributed by atoms with E-state index in [2.05, 4.69) is 16.9 Å². The van der Waals surface area contributed by atoms with Crippen LogP contribution in [0.2, 0.25) is 5.02 Å². The summed E-state index contributed by atoms with van der Waals surface area (Å²) in [7, 11) is -3.34. The number of nitrogens with one attached hydrogen (secondary N) is 1. The maximum absolute atomic E-state index is 11.7. The molecule has 9 nitrogen and oxygen atoms in total. The standard InChI is InChI=1S/C10H8ClNO2S2.C8H10AsNO5/c1-2-5-16(13,14)10-12-8-4-3-7(11)6-9(8)15-10;1-5(11)10-8-6(9(13,14)15)3-2-4-7(8)12/h2-4,6H,1,5H2;2-4,12H,1H3,(H,10,11)(H2,13,14,15). The molecule has 4 N–H and O–H groups in total. The number of nitrogens with zero attached hydrogens (tertiary/aromatic N) is 1. The Bertz CT molecular complexity index is 1290. The normalized spacial score (nSPS) is 11.5. The number of hydrogen-bond acceptors (Lipinski definition) is 7. The number of halogens is 1. The summed E-state index contributed by atoms with van der Waals surface area (Å²) >= 11 is 1.80. The van der Waals surface area contributed by atoms with Crippen molar-refractivity contribution in [2.24, 2.45) is 0 Å². The summed E-state index contributed by atoms with van der Waals surface area (Å²) in [6, 6.07) is 8.82. The molecule has 0 radical (unpaired) electrons. The third-order valence-corrected chi connectivity index (χ3v) is 9.03. The molecule has 13 heteroatoms. The van der Waals surface area contributed by atoms with Gasteiger partial charge in [-0.1, -0.05) is 17.7 Å². The van der Waals surface area contributed by atoms with Crippen molar-refractivity contribution in [3.63, 3.8) is 0 Å². The summed E-state index contributed by atoms with van der Waals surface area (Å²) in [6.45, 7) is 4.60. The first-order valence-electron chi connectivity index (χ1n) is 8.40. The van der Waals surface area contributed by atoms with Crippen molar-refractivity contribution in [3.8, 4) is 5.75 Å². The number of carbonyl (C=O) groups excluding carboxylic acids is 1. The number of aromatic nitrogens is 1. The van der Waals surface area contributed by atoms with Crippen molar-refractivity contribution in [2.75, 3.05) is 11.1 Å². The average molecular weight is 549 g/mol. The zero-order valence-corrected chi connectivity index (χ0v) is 20.3. The number of amides is 1. The fraction of sp³-hybridized carbons (Fsp3) is 0.111. The molecule has 1 aromatic heterocycles. The van der Waals surface area contributed by atoms with Gasteiger partial charge in [0.05, 0.1) is 16.0 Å². The molecule has 0 fully saturated rings. The number of hydrogen-bond donors (Lipinski definition) is 4. The Morgan fingerprint density at radius 1 is 1.32 bits per heavy atom. The molecule has 0 unspecified atom stereocenters. The van der Waals surface area contributed by atoms with Gasteiger partial charge in [0.2, 0.25) is 14.2 Å². The predicted octanol–water partition coefficient (Wildman–Crippen LogP) is 1.82. The number of thiazole rings is 1. The Kier molecular flexibility index (Phi) is 8.09. The van der Waals surface area contributed by atoms with Gasteiger partial charge in [0.1, 0.15) is 0 Å². The molecule has 0 atom stereocenters. The van der Waals surface area contributed by atoms with E-state index in [0.717, 1.165) is 16.0 Å². The van der Waals surface area contributed by atoms with Crippen LogP contribution in [0.1, 0.15) is 6.92 Å². The van der Waals surface area contributed by atoms with Gasteiger partial charge in [0.15, 0.2) is 0 Å². The summed E-state index contributed by atoms with van der Waals surface area (Å²) in [5.41, 5.74) is 0.425. The van der Waals surface area contributed by atoms with Gasteiger partial charge >= 0.3 is 88.1 Å². The van der Waals surface area contributed by atoms with E-state index >= 15 is 0 Å². The van der Waals surface area contributed by atoms with Crippen LogP contribution in [0.25, 0.3) is 10.2 Å². The number of carbonyl (C=O) groups is 1. The molecule has 2 aromatic carbocycles. The van der Waals surface area contributed by atoms with Gasteiger partial charge in [-0.05, 0) is 18.2 Å². The second-order valence-electron chi connectivity index (χ2n) is 6.06. The average Bonchev–Trinajstić information content (AvgIpc) is 3.07. The first-order valence-corrected chi connectivity index (χ1v) is 14.6. The third-order valence-electron chi connectivity index (χ3n) is 3.57. The Balaban J connectivity index is 0.000000221. The SMILES string of the molecule is C=CCS(=O)(=O)c1nc2ccc(Cl)cc2s1.CC(=O)Nc1c(O)cccc1[As](=O)(O)O. The molecule has 31 heavy (non-hydrogen) atoms. The quantitative estimate of drug-likeness (QED) is 0.214. The van der Waals surface area contributed by atoms with Crippen LogP contribution < -0.4 is 9.67 Å². The summed E-state index contributed by atoms with van der Waals surface area (Å²) in [6.07, 6.45) is 1.36. The molecule has 166 valence electrons. The second-order valence-corrected chi connectivity index (χ2v) is 13.0. The van der Waals surface area contributed by atoms with E-state index in [4.69, 9.17) is 19.8 Å². The van der Waals surface area contributed by atoms with Crippen LogP contribution in [0.5, 0.6) is 5.75 Å².